The van der Waals surface area contributed by atoms with Crippen molar-refractivity contribution in [2.45, 2.75) is 33.1 Å². The molecule has 0 amide bonds. The average Bonchev–Trinajstić information content (AvgIpc) is 2.80. The maximum absolute atomic E-state index is 11.6. The summed E-state index contributed by atoms with van der Waals surface area (Å²) in [6.45, 7) is 6.21. The van der Waals surface area contributed by atoms with Crippen LogP contribution in [-0.2, 0) is 4.74 Å². The first-order valence-corrected chi connectivity index (χ1v) is 7.28. The maximum Gasteiger partial charge on any atom is 0.350 e. The first-order chi connectivity index (χ1) is 8.65. The van der Waals surface area contributed by atoms with Gasteiger partial charge in [-0.1, -0.05) is 24.7 Å². The van der Waals surface area contributed by atoms with Crippen LogP contribution >= 0.6 is 11.3 Å². The van der Waals surface area contributed by atoms with Gasteiger partial charge in [0, 0.05) is 13.1 Å². The molecule has 0 saturated carbocycles. The van der Waals surface area contributed by atoms with Gasteiger partial charge in [-0.15, -0.1) is 0 Å². The number of hydrogen-bond acceptors (Lipinski definition) is 5. The fourth-order valence-electron chi connectivity index (χ4n) is 2.33. The van der Waals surface area contributed by atoms with Crippen LogP contribution in [0.1, 0.15) is 41.6 Å². The van der Waals surface area contributed by atoms with Gasteiger partial charge in [0.1, 0.15) is 4.88 Å². The number of hydrogen-bond donors (Lipinski definition) is 0. The van der Waals surface area contributed by atoms with Gasteiger partial charge in [0.05, 0.1) is 12.8 Å². The summed E-state index contributed by atoms with van der Waals surface area (Å²) in [4.78, 5) is 19.0. The van der Waals surface area contributed by atoms with Crippen molar-refractivity contribution in [3.8, 4) is 0 Å². The van der Waals surface area contributed by atoms with E-state index in [1.165, 1.54) is 37.7 Å². The Labute approximate surface area is 112 Å². The van der Waals surface area contributed by atoms with Crippen molar-refractivity contribution in [3.05, 3.63) is 10.6 Å². The first-order valence-electron chi connectivity index (χ1n) is 6.46. The normalized spacial score (nSPS) is 16.9. The molecule has 1 aliphatic heterocycles. The maximum atomic E-state index is 11.6. The minimum Gasteiger partial charge on any atom is -0.465 e. The van der Waals surface area contributed by atoms with Gasteiger partial charge >= 0.3 is 5.97 Å². The van der Waals surface area contributed by atoms with E-state index in [2.05, 4.69) is 16.8 Å². The van der Waals surface area contributed by atoms with Gasteiger partial charge < -0.3 is 9.64 Å². The van der Waals surface area contributed by atoms with Crippen molar-refractivity contribution in [1.29, 1.82) is 0 Å². The second-order valence-corrected chi connectivity index (χ2v) is 5.72. The van der Waals surface area contributed by atoms with Crippen molar-refractivity contribution >= 4 is 22.4 Å². The predicted octanol–water partition coefficient (Wildman–Crippen LogP) is 2.86. The highest BCUT2D eigenvalue weighted by Crippen LogP contribution is 2.30. The van der Waals surface area contributed by atoms with Crippen LogP contribution in [0.4, 0.5) is 5.13 Å². The molecule has 4 nitrogen and oxygen atoms in total. The number of piperidine rings is 1. The van der Waals surface area contributed by atoms with Gasteiger partial charge in [-0.05, 0) is 25.7 Å². The minimum atomic E-state index is -0.278. The van der Waals surface area contributed by atoms with E-state index < -0.39 is 0 Å². The van der Waals surface area contributed by atoms with E-state index in [1.807, 2.05) is 6.92 Å². The van der Waals surface area contributed by atoms with Gasteiger partial charge in [0.25, 0.3) is 0 Å². The second kappa shape index (κ2) is 5.69. The van der Waals surface area contributed by atoms with Crippen LogP contribution in [0, 0.1) is 12.8 Å². The molecule has 2 rings (SSSR count). The summed E-state index contributed by atoms with van der Waals surface area (Å²) >= 11 is 1.45. The monoisotopic (exact) mass is 268 g/mol. The number of aromatic nitrogens is 1. The lowest BCUT2D eigenvalue weighted by Gasteiger charge is -2.31. The van der Waals surface area contributed by atoms with E-state index >= 15 is 0 Å². The standard InChI is InChI=1S/C13H20N2O2S/c1-4-10-5-7-15(8-6-10)13-14-9(2)11(18-13)12(16)17-3/h10H,4-8H2,1-3H3. The molecule has 0 radical (unpaired) electrons. The van der Waals surface area contributed by atoms with E-state index in [0.29, 0.717) is 4.88 Å². The van der Waals surface area contributed by atoms with Gasteiger partial charge in [-0.2, -0.15) is 0 Å². The third kappa shape index (κ3) is 2.66. The Balaban J connectivity index is 2.08. The van der Waals surface area contributed by atoms with Crippen LogP contribution in [0.2, 0.25) is 0 Å². The van der Waals surface area contributed by atoms with Crippen LogP contribution in [-0.4, -0.2) is 31.2 Å². The Hall–Kier alpha value is -1.10. The molecule has 100 valence electrons. The third-order valence-electron chi connectivity index (χ3n) is 3.62. The molecule has 0 spiro atoms. The lowest BCUT2D eigenvalue weighted by Crippen LogP contribution is -2.33. The Bertz CT molecular complexity index is 423. The number of methoxy groups -OCH3 is 1. The molecule has 1 saturated heterocycles. The van der Waals surface area contributed by atoms with E-state index in [4.69, 9.17) is 4.74 Å². The van der Waals surface area contributed by atoms with Crippen LogP contribution in [0.3, 0.4) is 0 Å². The lowest BCUT2D eigenvalue weighted by molar-refractivity contribution is 0.0605. The molecule has 0 N–H and O–H groups in total. The molecule has 18 heavy (non-hydrogen) atoms. The predicted molar refractivity (Wildman–Crippen MR) is 73.4 cm³/mol. The number of ether oxygens (including phenoxy) is 1. The van der Waals surface area contributed by atoms with Gasteiger partial charge in [0.2, 0.25) is 0 Å². The first kappa shape index (κ1) is 13.3. The van der Waals surface area contributed by atoms with Crippen molar-refractivity contribution in [2.24, 2.45) is 5.92 Å². The number of nitrogens with zero attached hydrogens (tertiary/aromatic N) is 2. The summed E-state index contributed by atoms with van der Waals surface area (Å²) < 4.78 is 4.77. The summed E-state index contributed by atoms with van der Waals surface area (Å²) in [5, 5.41) is 0.961. The quantitative estimate of drug-likeness (QED) is 0.791. The Morgan fingerprint density at radius 2 is 2.17 bits per heavy atom. The average molecular weight is 268 g/mol. The Kier molecular flexibility index (Phi) is 4.22. The Morgan fingerprint density at radius 1 is 1.50 bits per heavy atom. The van der Waals surface area contributed by atoms with Crippen molar-refractivity contribution in [2.75, 3.05) is 25.1 Å². The molecule has 1 aromatic heterocycles. The number of esters is 1. The van der Waals surface area contributed by atoms with Crippen LogP contribution in [0.25, 0.3) is 0 Å². The molecule has 1 aliphatic rings. The molecule has 5 heteroatoms. The van der Waals surface area contributed by atoms with Crippen molar-refractivity contribution in [1.82, 2.24) is 4.98 Å². The van der Waals surface area contributed by atoms with Gasteiger partial charge in [0.15, 0.2) is 5.13 Å². The topological polar surface area (TPSA) is 42.4 Å². The highest BCUT2D eigenvalue weighted by Gasteiger charge is 2.23. The molecule has 1 aromatic rings. The van der Waals surface area contributed by atoms with Gasteiger partial charge in [-0.3, -0.25) is 0 Å². The number of rotatable bonds is 3. The van der Waals surface area contributed by atoms with Crippen LogP contribution in [0.5, 0.6) is 0 Å². The SMILES string of the molecule is CCC1CCN(c2nc(C)c(C(=O)OC)s2)CC1. The van der Waals surface area contributed by atoms with E-state index in [0.717, 1.165) is 29.8 Å². The largest absolute Gasteiger partial charge is 0.465 e. The van der Waals surface area contributed by atoms with E-state index in [1.54, 1.807) is 0 Å². The van der Waals surface area contributed by atoms with Crippen molar-refractivity contribution < 1.29 is 9.53 Å². The zero-order valence-corrected chi connectivity index (χ0v) is 12.0. The number of aryl methyl sites for hydroxylation is 1. The molecular formula is C13H20N2O2S. The third-order valence-corrected chi connectivity index (χ3v) is 4.82. The smallest absolute Gasteiger partial charge is 0.350 e. The summed E-state index contributed by atoms with van der Waals surface area (Å²) in [7, 11) is 1.41. The number of carbonyl (C=O) groups excluding carboxylic acids is 1. The fourth-order valence-corrected chi connectivity index (χ4v) is 3.37. The molecule has 2 heterocycles. The molecule has 0 aromatic carbocycles. The molecular weight excluding hydrogens is 248 g/mol. The Morgan fingerprint density at radius 3 is 2.72 bits per heavy atom. The molecule has 0 atom stereocenters. The van der Waals surface area contributed by atoms with Crippen LogP contribution < -0.4 is 4.90 Å². The molecule has 1 fully saturated rings. The highest BCUT2D eigenvalue weighted by atomic mass is 32.1. The summed E-state index contributed by atoms with van der Waals surface area (Å²) in [5.41, 5.74) is 0.777. The number of anilines is 1. The van der Waals surface area contributed by atoms with Gasteiger partial charge in [-0.25, -0.2) is 9.78 Å². The number of thiazole rings is 1. The number of carbonyl (C=O) groups is 1. The van der Waals surface area contributed by atoms with Crippen LogP contribution in [0.15, 0.2) is 0 Å². The minimum absolute atomic E-state index is 0.278. The summed E-state index contributed by atoms with van der Waals surface area (Å²) in [6, 6.07) is 0. The molecule has 0 bridgehead atoms. The summed E-state index contributed by atoms with van der Waals surface area (Å²) in [5.74, 6) is 0.571. The van der Waals surface area contributed by atoms with E-state index in [9.17, 15) is 4.79 Å². The van der Waals surface area contributed by atoms with E-state index in [-0.39, 0.29) is 5.97 Å². The molecule has 0 unspecified atom stereocenters. The molecule has 0 aliphatic carbocycles. The second-order valence-electron chi connectivity index (χ2n) is 4.74. The lowest BCUT2D eigenvalue weighted by atomic mass is 9.95. The summed E-state index contributed by atoms with van der Waals surface area (Å²) in [6.07, 6.45) is 3.71. The zero-order chi connectivity index (χ0) is 13.1. The fraction of sp³-hybridized carbons (Fsp3) is 0.692. The zero-order valence-electron chi connectivity index (χ0n) is 11.2. The highest BCUT2D eigenvalue weighted by molar-refractivity contribution is 7.17. The van der Waals surface area contributed by atoms with Crippen molar-refractivity contribution in [3.63, 3.8) is 0 Å².